The molecule has 0 unspecified atom stereocenters. The molecule has 1 amide bonds. The molecule has 0 aliphatic heterocycles. The van der Waals surface area contributed by atoms with Crippen molar-refractivity contribution in [3.63, 3.8) is 0 Å². The van der Waals surface area contributed by atoms with Crippen LogP contribution in [0.15, 0.2) is 53.4 Å². The van der Waals surface area contributed by atoms with E-state index in [1.165, 1.54) is 0 Å². The molecule has 0 spiro atoms. The van der Waals surface area contributed by atoms with Crippen LogP contribution in [0, 0.1) is 5.41 Å². The van der Waals surface area contributed by atoms with E-state index in [2.05, 4.69) is 5.32 Å². The Bertz CT molecular complexity index is 753. The van der Waals surface area contributed by atoms with E-state index in [-0.39, 0.29) is 17.4 Å². The Morgan fingerprint density at radius 1 is 1.08 bits per heavy atom. The van der Waals surface area contributed by atoms with Crippen molar-refractivity contribution in [2.75, 3.05) is 5.32 Å². The van der Waals surface area contributed by atoms with Crippen LogP contribution in [-0.2, 0) is 16.0 Å². The largest absolute Gasteiger partial charge is 0.325 e. The number of para-hydroxylation sites is 1. The molecule has 0 heterocycles. The molecule has 0 fully saturated rings. The van der Waals surface area contributed by atoms with Gasteiger partial charge in [-0.25, -0.2) is 0 Å². The summed E-state index contributed by atoms with van der Waals surface area (Å²) in [6.45, 7) is 5.55. The zero-order chi connectivity index (χ0) is 17.7. The molecule has 0 aromatic heterocycles. The van der Waals surface area contributed by atoms with Gasteiger partial charge >= 0.3 is 0 Å². The molecule has 0 bridgehead atoms. The van der Waals surface area contributed by atoms with Crippen LogP contribution in [0.2, 0.25) is 5.02 Å². The third-order valence-electron chi connectivity index (χ3n) is 3.28. The molecule has 0 saturated carbocycles. The van der Waals surface area contributed by atoms with E-state index < -0.39 is 5.41 Å². The minimum atomic E-state index is -0.497. The lowest BCUT2D eigenvalue weighted by Crippen LogP contribution is -2.27. The summed E-state index contributed by atoms with van der Waals surface area (Å²) in [6, 6.07) is 14.6. The molecule has 3 nitrogen and oxygen atoms in total. The summed E-state index contributed by atoms with van der Waals surface area (Å²) in [6.07, 6.45) is 0.285. The van der Waals surface area contributed by atoms with Gasteiger partial charge in [0, 0.05) is 21.8 Å². The van der Waals surface area contributed by atoms with Gasteiger partial charge < -0.3 is 5.32 Å². The zero-order valence-electron chi connectivity index (χ0n) is 13.9. The third-order valence-corrected chi connectivity index (χ3v) is 4.46. The number of benzene rings is 2. The number of nitrogens with one attached hydrogen (secondary N) is 1. The summed E-state index contributed by atoms with van der Waals surface area (Å²) in [7, 11) is 0. The predicted octanol–water partition coefficient (Wildman–Crippen LogP) is 5.19. The van der Waals surface area contributed by atoms with E-state index in [4.69, 9.17) is 11.6 Å². The summed E-state index contributed by atoms with van der Waals surface area (Å²) in [5.41, 5.74) is 1.03. The highest BCUT2D eigenvalue weighted by molar-refractivity contribution is 8.13. The van der Waals surface area contributed by atoms with E-state index in [1.807, 2.05) is 51.1 Å². The van der Waals surface area contributed by atoms with Crippen molar-refractivity contribution < 1.29 is 9.59 Å². The van der Waals surface area contributed by atoms with Gasteiger partial charge in [-0.2, -0.15) is 0 Å². The Labute approximate surface area is 151 Å². The lowest BCUT2D eigenvalue weighted by atomic mass is 9.95. The van der Waals surface area contributed by atoms with Gasteiger partial charge in [0.1, 0.15) is 0 Å². The Morgan fingerprint density at radius 2 is 1.79 bits per heavy atom. The first-order valence-corrected chi connectivity index (χ1v) is 8.81. The molecule has 0 atom stereocenters. The first kappa shape index (κ1) is 18.6. The molecule has 2 aromatic rings. The lowest BCUT2D eigenvalue weighted by molar-refractivity contribution is -0.123. The number of carbonyl (C=O) groups excluding carboxylic acids is 2. The first-order valence-electron chi connectivity index (χ1n) is 7.61. The smallest absolute Gasteiger partial charge is 0.229 e. The molecule has 0 saturated heterocycles. The average molecular weight is 362 g/mol. The van der Waals surface area contributed by atoms with Crippen molar-refractivity contribution in [1.82, 2.24) is 0 Å². The monoisotopic (exact) mass is 361 g/mol. The van der Waals surface area contributed by atoms with Crippen molar-refractivity contribution >= 4 is 40.1 Å². The summed E-state index contributed by atoms with van der Waals surface area (Å²) in [5, 5.41) is 3.50. The Kier molecular flexibility index (Phi) is 6.08. The Balaban J connectivity index is 2.09. The minimum absolute atomic E-state index is 0.00488. The van der Waals surface area contributed by atoms with E-state index in [0.717, 1.165) is 22.2 Å². The third kappa shape index (κ3) is 5.39. The number of rotatable bonds is 4. The van der Waals surface area contributed by atoms with Crippen LogP contribution < -0.4 is 5.32 Å². The fourth-order valence-corrected chi connectivity index (χ4v) is 3.01. The molecular weight excluding hydrogens is 342 g/mol. The number of carbonyl (C=O) groups is 2. The molecule has 0 radical (unpaired) electrons. The lowest BCUT2D eigenvalue weighted by Gasteiger charge is -2.19. The fourth-order valence-electron chi connectivity index (χ4n) is 1.94. The van der Waals surface area contributed by atoms with Crippen LogP contribution in [0.3, 0.4) is 0 Å². The van der Waals surface area contributed by atoms with Crippen LogP contribution in [0.1, 0.15) is 26.3 Å². The van der Waals surface area contributed by atoms with Gasteiger partial charge in [0.15, 0.2) is 5.12 Å². The summed E-state index contributed by atoms with van der Waals surface area (Å²) >= 11 is 7.07. The highest BCUT2D eigenvalue weighted by Crippen LogP contribution is 2.30. The minimum Gasteiger partial charge on any atom is -0.325 e. The summed E-state index contributed by atoms with van der Waals surface area (Å²) in [5.74, 6) is -0.0853. The van der Waals surface area contributed by atoms with Crippen molar-refractivity contribution in [1.29, 1.82) is 0 Å². The quantitative estimate of drug-likeness (QED) is 0.762. The Hall–Kier alpha value is -1.78. The molecule has 0 aliphatic rings. The maximum absolute atomic E-state index is 12.3. The second-order valence-corrected chi connectivity index (χ2v) is 8.02. The molecule has 2 aromatic carbocycles. The normalized spacial score (nSPS) is 11.2. The van der Waals surface area contributed by atoms with Gasteiger partial charge in [0.25, 0.3) is 0 Å². The van der Waals surface area contributed by atoms with Crippen molar-refractivity contribution in [3.05, 3.63) is 59.1 Å². The number of amides is 1. The van der Waals surface area contributed by atoms with E-state index in [0.29, 0.717) is 10.7 Å². The van der Waals surface area contributed by atoms with Crippen LogP contribution in [0.4, 0.5) is 5.69 Å². The molecule has 24 heavy (non-hydrogen) atoms. The topological polar surface area (TPSA) is 46.2 Å². The maximum Gasteiger partial charge on any atom is 0.229 e. The van der Waals surface area contributed by atoms with Gasteiger partial charge in [-0.3, -0.25) is 9.59 Å². The standard InChI is InChI=1S/C19H20ClNO2S/c1-19(2,3)18(23)21-15-9-4-5-10-16(15)24-17(22)12-13-7-6-8-14(20)11-13/h4-11H,12H2,1-3H3,(H,21,23). The molecule has 2 rings (SSSR count). The SMILES string of the molecule is CC(C)(C)C(=O)Nc1ccccc1SC(=O)Cc1cccc(Cl)c1. The van der Waals surface area contributed by atoms with Crippen LogP contribution in [-0.4, -0.2) is 11.0 Å². The number of hydrogen-bond donors (Lipinski definition) is 1. The van der Waals surface area contributed by atoms with Crippen molar-refractivity contribution in [3.8, 4) is 0 Å². The van der Waals surface area contributed by atoms with Crippen LogP contribution >= 0.6 is 23.4 Å². The zero-order valence-corrected chi connectivity index (χ0v) is 15.5. The van der Waals surface area contributed by atoms with E-state index in [9.17, 15) is 9.59 Å². The number of thioether (sulfide) groups is 1. The van der Waals surface area contributed by atoms with Gasteiger partial charge in [-0.1, -0.05) is 56.6 Å². The predicted molar refractivity (Wildman–Crippen MR) is 101 cm³/mol. The van der Waals surface area contributed by atoms with Gasteiger partial charge in [0.05, 0.1) is 5.69 Å². The van der Waals surface area contributed by atoms with Crippen LogP contribution in [0.25, 0.3) is 0 Å². The number of halogens is 1. The molecule has 5 heteroatoms. The van der Waals surface area contributed by atoms with Gasteiger partial charge in [0.2, 0.25) is 5.91 Å². The second-order valence-electron chi connectivity index (χ2n) is 6.48. The Morgan fingerprint density at radius 3 is 2.46 bits per heavy atom. The van der Waals surface area contributed by atoms with Crippen molar-refractivity contribution in [2.24, 2.45) is 5.41 Å². The second kappa shape index (κ2) is 7.86. The van der Waals surface area contributed by atoms with Gasteiger partial charge in [-0.15, -0.1) is 0 Å². The number of hydrogen-bond acceptors (Lipinski definition) is 3. The van der Waals surface area contributed by atoms with E-state index in [1.54, 1.807) is 18.2 Å². The van der Waals surface area contributed by atoms with Gasteiger partial charge in [-0.05, 0) is 41.6 Å². The fraction of sp³-hybridized carbons (Fsp3) is 0.263. The highest BCUT2D eigenvalue weighted by atomic mass is 35.5. The first-order chi connectivity index (χ1) is 11.3. The number of anilines is 1. The molecule has 126 valence electrons. The molecule has 1 N–H and O–H groups in total. The van der Waals surface area contributed by atoms with Crippen LogP contribution in [0.5, 0.6) is 0 Å². The van der Waals surface area contributed by atoms with Crippen molar-refractivity contribution in [2.45, 2.75) is 32.1 Å². The maximum atomic E-state index is 12.3. The summed E-state index contributed by atoms with van der Waals surface area (Å²) in [4.78, 5) is 25.3. The highest BCUT2D eigenvalue weighted by Gasteiger charge is 2.22. The summed E-state index contributed by atoms with van der Waals surface area (Å²) < 4.78 is 0. The molecular formula is C19H20ClNO2S. The van der Waals surface area contributed by atoms with E-state index >= 15 is 0 Å². The average Bonchev–Trinajstić information content (AvgIpc) is 2.48. The molecule has 0 aliphatic carbocycles.